The molecule has 330 valence electrons. The van der Waals surface area contributed by atoms with Crippen LogP contribution in [0.25, 0.3) is 11.1 Å². The number of piperidine rings is 2. The van der Waals surface area contributed by atoms with E-state index < -0.39 is 29.7 Å². The number of halogens is 1. The SMILES string of the molecule is O=C1CCC(Nc2ccc(C3CCN(CC(=O)N4CCN(c5ccc(-c6cc(F)c7c(c6)C(=O)N(C(C(=O)Nc6nccs6)c6ncn8c6CCC8)C7)cc5)CC4)CC3)nc2)C(=O)N1. The largest absolute Gasteiger partial charge is 0.372 e. The number of piperazine rings is 1. The Morgan fingerprint density at radius 2 is 1.70 bits per heavy atom. The molecule has 3 saturated heterocycles. The van der Waals surface area contributed by atoms with Gasteiger partial charge in [0.05, 0.1) is 37.0 Å². The number of nitrogens with one attached hydrogen (secondary N) is 3. The Morgan fingerprint density at radius 3 is 2.44 bits per heavy atom. The number of benzene rings is 2. The molecule has 2 atom stereocenters. The zero-order chi connectivity index (χ0) is 43.9. The van der Waals surface area contributed by atoms with Crippen LogP contribution in [0.2, 0.25) is 0 Å². The van der Waals surface area contributed by atoms with E-state index in [0.717, 1.165) is 73.6 Å². The van der Waals surface area contributed by atoms with Crippen molar-refractivity contribution in [2.45, 2.75) is 69.6 Å². The van der Waals surface area contributed by atoms with E-state index in [1.807, 2.05) is 45.9 Å². The molecule has 5 aliphatic heterocycles. The van der Waals surface area contributed by atoms with Gasteiger partial charge < -0.3 is 24.6 Å². The van der Waals surface area contributed by atoms with Gasteiger partial charge in [-0.05, 0) is 92.7 Å². The Hall–Kier alpha value is -6.53. The van der Waals surface area contributed by atoms with Crippen LogP contribution in [0.15, 0.2) is 72.6 Å². The van der Waals surface area contributed by atoms with Gasteiger partial charge in [0, 0.05) is 84.8 Å². The Labute approximate surface area is 372 Å². The van der Waals surface area contributed by atoms with Gasteiger partial charge in [-0.25, -0.2) is 14.4 Å². The normalized spacial score (nSPS) is 19.7. The van der Waals surface area contributed by atoms with Crippen LogP contribution in [0.4, 0.5) is 20.9 Å². The second-order valence-corrected chi connectivity index (χ2v) is 18.0. The predicted octanol–water partition coefficient (Wildman–Crippen LogP) is 4.57. The summed E-state index contributed by atoms with van der Waals surface area (Å²) in [7, 11) is 0. The molecule has 3 N–H and O–H groups in total. The summed E-state index contributed by atoms with van der Waals surface area (Å²) in [5.74, 6) is -1.50. The number of aryl methyl sites for hydroxylation is 1. The second kappa shape index (κ2) is 17.6. The number of imide groups is 1. The third-order valence-corrected chi connectivity index (χ3v) is 13.9. The smallest absolute Gasteiger partial charge is 0.255 e. The highest BCUT2D eigenvalue weighted by atomic mass is 32.1. The molecule has 8 heterocycles. The second-order valence-electron chi connectivity index (χ2n) is 17.1. The quantitative estimate of drug-likeness (QED) is 0.159. The van der Waals surface area contributed by atoms with Gasteiger partial charge in [0.25, 0.3) is 11.8 Å². The summed E-state index contributed by atoms with van der Waals surface area (Å²) in [6, 6.07) is 13.4. The number of carbonyl (C=O) groups is 5. The van der Waals surface area contributed by atoms with Crippen molar-refractivity contribution in [1.29, 1.82) is 0 Å². The van der Waals surface area contributed by atoms with E-state index in [2.05, 4.69) is 40.7 Å². The van der Waals surface area contributed by atoms with Crippen LogP contribution in [0.1, 0.15) is 77.1 Å². The maximum absolute atomic E-state index is 15.9. The maximum Gasteiger partial charge on any atom is 0.255 e. The molecule has 0 bridgehead atoms. The summed E-state index contributed by atoms with van der Waals surface area (Å²) in [5.41, 5.74) is 5.97. The number of amides is 5. The molecule has 0 radical (unpaired) electrons. The molecule has 0 saturated carbocycles. The number of anilines is 3. The first-order chi connectivity index (χ1) is 31.1. The lowest BCUT2D eigenvalue weighted by Gasteiger charge is -2.38. The first-order valence-electron chi connectivity index (χ1n) is 21.9. The van der Waals surface area contributed by atoms with Crippen molar-refractivity contribution < 1.29 is 28.4 Å². The fourth-order valence-electron chi connectivity index (χ4n) is 9.69. The van der Waals surface area contributed by atoms with Gasteiger partial charge in [-0.1, -0.05) is 12.1 Å². The van der Waals surface area contributed by atoms with Crippen LogP contribution >= 0.6 is 11.3 Å². The lowest BCUT2D eigenvalue weighted by Crippen LogP contribution is -2.51. The van der Waals surface area contributed by atoms with Crippen LogP contribution in [0.3, 0.4) is 0 Å². The van der Waals surface area contributed by atoms with Gasteiger partial charge in [-0.15, -0.1) is 11.3 Å². The molecular weight excluding hydrogens is 838 g/mol. The van der Waals surface area contributed by atoms with E-state index in [4.69, 9.17) is 0 Å². The molecule has 0 aliphatic carbocycles. The molecule has 10 rings (SSSR count). The van der Waals surface area contributed by atoms with E-state index in [9.17, 15) is 24.0 Å². The standard InChI is InChI=1S/C46H48FN11O5S/c47-35-23-30(22-33-34(35)25-58(45(33)63)42(44(62)53-46-48-13-21-64-46)41-38-2-1-14-57(38)27-50-41)28-3-6-32(7-4-28)55-17-19-56(20-18-55)40(60)26-54-15-11-29(12-16-54)36-8-5-31(24-49-36)51-37-9-10-39(59)52-43(37)61/h3-8,13,21-24,27,29,37,42,51H,1-2,9-12,14-20,25-26H2,(H,48,53,62)(H,52,59,61). The number of imidazole rings is 1. The van der Waals surface area contributed by atoms with Crippen molar-refractivity contribution in [2.75, 3.05) is 61.3 Å². The minimum absolute atomic E-state index is 0.0580. The van der Waals surface area contributed by atoms with Crippen molar-refractivity contribution >= 4 is 57.4 Å². The zero-order valence-corrected chi connectivity index (χ0v) is 36.0. The van der Waals surface area contributed by atoms with Gasteiger partial charge in [0.15, 0.2) is 11.2 Å². The molecule has 0 spiro atoms. The first-order valence-corrected chi connectivity index (χ1v) is 22.8. The lowest BCUT2D eigenvalue weighted by molar-refractivity contribution is -0.134. The maximum atomic E-state index is 15.9. The van der Waals surface area contributed by atoms with E-state index in [1.54, 1.807) is 30.2 Å². The molecule has 2 aromatic carbocycles. The molecule has 18 heteroatoms. The van der Waals surface area contributed by atoms with Gasteiger partial charge >= 0.3 is 0 Å². The van der Waals surface area contributed by atoms with Gasteiger partial charge in [-0.2, -0.15) is 0 Å². The van der Waals surface area contributed by atoms with Crippen LogP contribution < -0.4 is 20.9 Å². The number of nitrogens with zero attached hydrogens (tertiary/aromatic N) is 8. The summed E-state index contributed by atoms with van der Waals surface area (Å²) in [5, 5.41) is 10.6. The number of thiazole rings is 1. The van der Waals surface area contributed by atoms with Crippen LogP contribution in [-0.2, 0) is 38.7 Å². The molecule has 3 aromatic heterocycles. The van der Waals surface area contributed by atoms with Crippen molar-refractivity contribution in [2.24, 2.45) is 0 Å². The molecule has 5 aromatic rings. The number of aromatic nitrogens is 4. The average molecular weight is 886 g/mol. The summed E-state index contributed by atoms with van der Waals surface area (Å²) in [6.07, 6.45) is 9.27. The average Bonchev–Trinajstić information content (AvgIpc) is 4.14. The van der Waals surface area contributed by atoms with Gasteiger partial charge in [-0.3, -0.25) is 44.5 Å². The third kappa shape index (κ3) is 8.34. The Kier molecular flexibility index (Phi) is 11.4. The summed E-state index contributed by atoms with van der Waals surface area (Å²) in [6.45, 7) is 5.31. The molecule has 16 nitrogen and oxygen atoms in total. The number of hydrogen-bond donors (Lipinski definition) is 3. The zero-order valence-electron chi connectivity index (χ0n) is 35.2. The molecular formula is C46H48FN11O5S. The fraction of sp³-hybridized carbons (Fsp3) is 0.391. The van der Waals surface area contributed by atoms with Crippen LogP contribution in [-0.4, -0.2) is 116 Å². The monoisotopic (exact) mass is 885 g/mol. The van der Waals surface area contributed by atoms with E-state index in [-0.39, 0.29) is 35.4 Å². The third-order valence-electron chi connectivity index (χ3n) is 13.2. The minimum atomic E-state index is -1.05. The molecule has 5 amide bonds. The number of fused-ring (bicyclic) bond motifs is 2. The van der Waals surface area contributed by atoms with Crippen molar-refractivity contribution in [1.82, 2.24) is 39.5 Å². The lowest BCUT2D eigenvalue weighted by atomic mass is 9.93. The van der Waals surface area contributed by atoms with Crippen molar-refractivity contribution in [3.8, 4) is 11.1 Å². The topological polar surface area (TPSA) is 178 Å². The van der Waals surface area contributed by atoms with Gasteiger partial charge in [0.2, 0.25) is 17.7 Å². The van der Waals surface area contributed by atoms with E-state index in [1.165, 1.54) is 22.3 Å². The van der Waals surface area contributed by atoms with Crippen LogP contribution in [0.5, 0.6) is 0 Å². The molecule has 2 unspecified atom stereocenters. The van der Waals surface area contributed by atoms with Crippen molar-refractivity contribution in [3.63, 3.8) is 0 Å². The Morgan fingerprint density at radius 1 is 0.891 bits per heavy atom. The fourth-order valence-corrected chi connectivity index (χ4v) is 10.2. The summed E-state index contributed by atoms with van der Waals surface area (Å²) >= 11 is 1.28. The first kappa shape index (κ1) is 41.5. The highest BCUT2D eigenvalue weighted by Gasteiger charge is 2.42. The Balaban J connectivity index is 0.722. The van der Waals surface area contributed by atoms with E-state index >= 15 is 4.39 Å². The molecule has 64 heavy (non-hydrogen) atoms. The minimum Gasteiger partial charge on any atom is -0.372 e. The Bertz CT molecular complexity index is 2590. The number of hydrogen-bond acceptors (Lipinski definition) is 12. The number of rotatable bonds is 11. The summed E-state index contributed by atoms with van der Waals surface area (Å²) < 4.78 is 18.0. The molecule has 3 fully saturated rings. The summed E-state index contributed by atoms with van der Waals surface area (Å²) in [4.78, 5) is 86.2. The predicted molar refractivity (Wildman–Crippen MR) is 237 cm³/mol. The van der Waals surface area contributed by atoms with Crippen molar-refractivity contribution in [3.05, 3.63) is 107 Å². The van der Waals surface area contributed by atoms with Gasteiger partial charge in [0.1, 0.15) is 11.9 Å². The number of likely N-dealkylation sites (tertiary alicyclic amines) is 1. The highest BCUT2D eigenvalue weighted by Crippen LogP contribution is 2.38. The number of pyridine rings is 1. The molecule has 5 aliphatic rings. The van der Waals surface area contributed by atoms with Crippen LogP contribution in [0, 0.1) is 5.82 Å². The van der Waals surface area contributed by atoms with E-state index in [0.29, 0.717) is 67.9 Å². The number of carbonyl (C=O) groups excluding carboxylic acids is 5. The highest BCUT2D eigenvalue weighted by molar-refractivity contribution is 7.13.